The summed E-state index contributed by atoms with van der Waals surface area (Å²) >= 11 is 3.44. The van der Waals surface area contributed by atoms with Crippen LogP contribution in [0.15, 0.2) is 78.9 Å². The lowest BCUT2D eigenvalue weighted by atomic mass is 10.1. The Kier molecular flexibility index (Phi) is 9.76. The van der Waals surface area contributed by atoms with Crippen molar-refractivity contribution < 1.29 is 28.6 Å². The van der Waals surface area contributed by atoms with Crippen LogP contribution in [-0.2, 0) is 25.6 Å². The molecule has 0 fully saturated rings. The standard InChI is InChI=1S/C28H27BrO6/c1-19-8-12-22(13-9-19)27(31)34-18-24(29)26(35-28(32)23-14-10-20(2)11-15-23)25(16-30)33-17-21-6-4-3-5-7-21/h3-16,24-26H,17-18H2,1-2H3/t24-,25-,26-/m0/s1. The van der Waals surface area contributed by atoms with Gasteiger partial charge in [0.1, 0.15) is 6.61 Å². The largest absolute Gasteiger partial charge is 0.461 e. The number of aryl methyl sites for hydroxylation is 2. The van der Waals surface area contributed by atoms with Crippen LogP contribution in [-0.4, -0.2) is 41.9 Å². The van der Waals surface area contributed by atoms with E-state index in [1.165, 1.54) is 0 Å². The molecule has 3 aromatic carbocycles. The summed E-state index contributed by atoms with van der Waals surface area (Å²) in [5.41, 5.74) is 3.61. The Morgan fingerprint density at radius 3 is 1.91 bits per heavy atom. The highest BCUT2D eigenvalue weighted by Gasteiger charge is 2.34. The summed E-state index contributed by atoms with van der Waals surface area (Å²) in [4.78, 5) is 36.6. The van der Waals surface area contributed by atoms with Crippen LogP contribution >= 0.6 is 15.9 Å². The first-order valence-electron chi connectivity index (χ1n) is 11.1. The van der Waals surface area contributed by atoms with E-state index in [-0.39, 0.29) is 13.2 Å². The first kappa shape index (κ1) is 26.3. The molecule has 182 valence electrons. The Hall–Kier alpha value is -3.29. The minimum atomic E-state index is -1.09. The summed E-state index contributed by atoms with van der Waals surface area (Å²) in [5, 5.41) is 0. The van der Waals surface area contributed by atoms with E-state index < -0.39 is 29.0 Å². The zero-order valence-corrected chi connectivity index (χ0v) is 21.1. The van der Waals surface area contributed by atoms with E-state index in [2.05, 4.69) is 15.9 Å². The van der Waals surface area contributed by atoms with Gasteiger partial charge in [0.05, 0.1) is 22.6 Å². The Bertz CT molecular complexity index is 1110. The third kappa shape index (κ3) is 7.87. The van der Waals surface area contributed by atoms with Gasteiger partial charge in [0.15, 0.2) is 18.5 Å². The average Bonchev–Trinajstić information content (AvgIpc) is 2.88. The molecule has 0 saturated carbocycles. The van der Waals surface area contributed by atoms with Crippen molar-refractivity contribution in [3.63, 3.8) is 0 Å². The number of rotatable bonds is 11. The molecule has 0 saturated heterocycles. The maximum atomic E-state index is 12.8. The van der Waals surface area contributed by atoms with E-state index in [1.54, 1.807) is 36.4 Å². The molecule has 0 bridgehead atoms. The lowest BCUT2D eigenvalue weighted by Gasteiger charge is -2.27. The molecule has 0 amide bonds. The fraction of sp³-hybridized carbons (Fsp3) is 0.250. The lowest BCUT2D eigenvalue weighted by Crippen LogP contribution is -2.43. The summed E-state index contributed by atoms with van der Waals surface area (Å²) in [5.74, 6) is -1.13. The van der Waals surface area contributed by atoms with E-state index in [1.807, 2.05) is 56.3 Å². The van der Waals surface area contributed by atoms with E-state index in [0.29, 0.717) is 17.4 Å². The van der Waals surface area contributed by atoms with Gasteiger partial charge >= 0.3 is 11.9 Å². The highest BCUT2D eigenvalue weighted by molar-refractivity contribution is 9.09. The van der Waals surface area contributed by atoms with Crippen LogP contribution in [0.4, 0.5) is 0 Å². The normalized spacial score (nSPS) is 13.3. The predicted octanol–water partition coefficient (Wildman–Crippen LogP) is 5.23. The van der Waals surface area contributed by atoms with Crippen molar-refractivity contribution in [2.75, 3.05) is 6.61 Å². The van der Waals surface area contributed by atoms with Gasteiger partial charge in [-0.3, -0.25) is 0 Å². The Morgan fingerprint density at radius 2 is 1.37 bits per heavy atom. The van der Waals surface area contributed by atoms with Crippen molar-refractivity contribution in [1.82, 2.24) is 0 Å². The third-order valence-electron chi connectivity index (χ3n) is 5.29. The van der Waals surface area contributed by atoms with Crippen molar-refractivity contribution in [1.29, 1.82) is 0 Å². The molecule has 0 aliphatic carbocycles. The molecule has 35 heavy (non-hydrogen) atoms. The second-order valence-electron chi connectivity index (χ2n) is 8.11. The van der Waals surface area contributed by atoms with Crippen molar-refractivity contribution in [3.8, 4) is 0 Å². The number of esters is 2. The maximum absolute atomic E-state index is 12.8. The summed E-state index contributed by atoms with van der Waals surface area (Å²) in [7, 11) is 0. The smallest absolute Gasteiger partial charge is 0.338 e. The molecule has 0 heterocycles. The molecule has 3 aromatic rings. The highest BCUT2D eigenvalue weighted by atomic mass is 79.9. The fourth-order valence-electron chi connectivity index (χ4n) is 3.23. The van der Waals surface area contributed by atoms with Crippen LogP contribution < -0.4 is 0 Å². The molecule has 0 aromatic heterocycles. The van der Waals surface area contributed by atoms with E-state index in [4.69, 9.17) is 14.2 Å². The van der Waals surface area contributed by atoms with Crippen LogP contribution in [0.5, 0.6) is 0 Å². The monoisotopic (exact) mass is 538 g/mol. The topological polar surface area (TPSA) is 78.9 Å². The number of aldehydes is 1. The average molecular weight is 539 g/mol. The van der Waals surface area contributed by atoms with Gasteiger partial charge < -0.3 is 19.0 Å². The molecule has 0 spiro atoms. The van der Waals surface area contributed by atoms with Gasteiger partial charge in [-0.15, -0.1) is 0 Å². The third-order valence-corrected chi connectivity index (χ3v) is 6.08. The number of carbonyl (C=O) groups is 3. The van der Waals surface area contributed by atoms with Crippen molar-refractivity contribution in [2.24, 2.45) is 0 Å². The number of hydrogen-bond donors (Lipinski definition) is 0. The minimum Gasteiger partial charge on any atom is -0.461 e. The molecule has 0 unspecified atom stereocenters. The van der Waals surface area contributed by atoms with E-state index in [9.17, 15) is 14.4 Å². The molecule has 0 aliphatic rings. The van der Waals surface area contributed by atoms with Gasteiger partial charge in [-0.1, -0.05) is 81.7 Å². The van der Waals surface area contributed by atoms with Crippen molar-refractivity contribution in [2.45, 2.75) is 37.5 Å². The van der Waals surface area contributed by atoms with Gasteiger partial charge in [0.2, 0.25) is 0 Å². The summed E-state index contributed by atoms with van der Waals surface area (Å²) in [6, 6.07) is 23.2. The molecular weight excluding hydrogens is 512 g/mol. The fourth-order valence-corrected chi connectivity index (χ4v) is 3.77. The highest BCUT2D eigenvalue weighted by Crippen LogP contribution is 2.20. The number of alkyl halides is 1. The Labute approximate surface area is 213 Å². The summed E-state index contributed by atoms with van der Waals surface area (Å²) in [6.07, 6.45) is -1.55. The van der Waals surface area contributed by atoms with Gasteiger partial charge in [0.25, 0.3) is 0 Å². The molecule has 6 nitrogen and oxygen atoms in total. The Balaban J connectivity index is 1.73. The second kappa shape index (κ2) is 13.0. The lowest BCUT2D eigenvalue weighted by molar-refractivity contribution is -0.127. The van der Waals surface area contributed by atoms with Crippen LogP contribution in [0.25, 0.3) is 0 Å². The van der Waals surface area contributed by atoms with Gasteiger partial charge in [-0.25, -0.2) is 9.59 Å². The Morgan fingerprint density at radius 1 is 0.829 bits per heavy atom. The predicted molar refractivity (Wildman–Crippen MR) is 136 cm³/mol. The minimum absolute atomic E-state index is 0.141. The SMILES string of the molecule is Cc1ccc(C(=O)OC[C@H](Br)[C@H](OC(=O)c2ccc(C)cc2)[C@H](C=O)OCc2ccccc2)cc1. The second-order valence-corrected chi connectivity index (χ2v) is 9.29. The molecule has 3 rings (SSSR count). The van der Waals surface area contributed by atoms with E-state index >= 15 is 0 Å². The van der Waals surface area contributed by atoms with E-state index in [0.717, 1.165) is 16.7 Å². The molecule has 7 heteroatoms. The number of ether oxygens (including phenoxy) is 3. The number of hydrogen-bond acceptors (Lipinski definition) is 6. The number of carbonyl (C=O) groups excluding carboxylic acids is 3. The first-order valence-corrected chi connectivity index (χ1v) is 12.1. The summed E-state index contributed by atoms with van der Waals surface area (Å²) < 4.78 is 16.9. The quantitative estimate of drug-likeness (QED) is 0.189. The van der Waals surface area contributed by atoms with Crippen molar-refractivity contribution in [3.05, 3.63) is 107 Å². The molecule has 0 aliphatic heterocycles. The van der Waals surface area contributed by atoms with Gasteiger partial charge in [-0.05, 0) is 43.7 Å². The molecule has 0 N–H and O–H groups in total. The maximum Gasteiger partial charge on any atom is 0.338 e. The number of benzene rings is 3. The molecule has 0 radical (unpaired) electrons. The zero-order valence-electron chi connectivity index (χ0n) is 19.6. The van der Waals surface area contributed by atoms with Gasteiger partial charge in [-0.2, -0.15) is 0 Å². The zero-order chi connectivity index (χ0) is 25.2. The molecular formula is C28H27BrO6. The molecule has 3 atom stereocenters. The first-order chi connectivity index (χ1) is 16.9. The van der Waals surface area contributed by atoms with Crippen LogP contribution in [0.2, 0.25) is 0 Å². The summed E-state index contributed by atoms with van der Waals surface area (Å²) in [6.45, 7) is 3.84. The van der Waals surface area contributed by atoms with Crippen LogP contribution in [0.3, 0.4) is 0 Å². The van der Waals surface area contributed by atoms with Crippen LogP contribution in [0.1, 0.15) is 37.4 Å². The van der Waals surface area contributed by atoms with Crippen LogP contribution in [0, 0.1) is 13.8 Å². The van der Waals surface area contributed by atoms with Gasteiger partial charge in [0, 0.05) is 0 Å². The number of halogens is 1. The van der Waals surface area contributed by atoms with Crippen molar-refractivity contribution >= 4 is 34.2 Å².